The molecule has 7 heteroatoms. The highest BCUT2D eigenvalue weighted by Gasteiger charge is 2.02. The van der Waals surface area contributed by atoms with Gasteiger partial charge in [0.25, 0.3) is 0 Å². The lowest BCUT2D eigenvalue weighted by Gasteiger charge is -2.33. The van der Waals surface area contributed by atoms with E-state index in [0.717, 1.165) is 5.01 Å². The minimum Gasteiger partial charge on any atom is -0.724 e. The van der Waals surface area contributed by atoms with Gasteiger partial charge in [-0.05, 0) is 0 Å². The molecule has 0 radical (unpaired) electrons. The molecule has 0 saturated carbocycles. The third-order valence-corrected chi connectivity index (χ3v) is 1.09. The van der Waals surface area contributed by atoms with Gasteiger partial charge >= 0.3 is 0 Å². The second-order valence-corrected chi connectivity index (χ2v) is 1.87. The molecule has 0 aliphatic rings. The Bertz CT molecular complexity index is 105. The number of nitrogens with zero attached hydrogens (tertiary/aromatic N) is 3. The monoisotopic (exact) mass is 162 g/mol. The standard InChI is InChI=1S/C4H12N5O2/c5-1-3-8(4-2-6)9(11)7-10/h1-6H2/q-1. The first kappa shape index (κ1) is 10.2. The van der Waals surface area contributed by atoms with Crippen molar-refractivity contribution in [2.45, 2.75) is 0 Å². The molecule has 4 N–H and O–H groups in total. The van der Waals surface area contributed by atoms with Crippen LogP contribution in [0.15, 0.2) is 5.29 Å². The van der Waals surface area contributed by atoms with Gasteiger partial charge in [-0.15, -0.1) is 4.91 Å². The minimum absolute atomic E-state index is 0.0419. The molecule has 0 saturated heterocycles. The predicted octanol–water partition coefficient (Wildman–Crippen LogP) is -1.40. The summed E-state index contributed by atoms with van der Waals surface area (Å²) in [5, 5.41) is 13.8. The molecule has 0 fully saturated rings. The predicted molar refractivity (Wildman–Crippen MR) is 40.7 cm³/mol. The Kier molecular flexibility index (Phi) is 5.57. The maximum absolute atomic E-state index is 10.5. The van der Waals surface area contributed by atoms with E-state index in [-0.39, 0.29) is 31.5 Å². The number of nitroso groups, excluding NO2 is 1. The van der Waals surface area contributed by atoms with E-state index in [1.165, 1.54) is 0 Å². The number of nitrogens with two attached hydrogens (primary N) is 2. The van der Waals surface area contributed by atoms with Crippen molar-refractivity contribution in [1.29, 1.82) is 0 Å². The normalized spacial score (nSPS) is 10.2. The summed E-state index contributed by atoms with van der Waals surface area (Å²) in [6.45, 7) is 1.14. The van der Waals surface area contributed by atoms with Crippen LogP contribution < -0.4 is 11.5 Å². The van der Waals surface area contributed by atoms with Crippen molar-refractivity contribution in [1.82, 2.24) is 10.3 Å². The lowest BCUT2D eigenvalue weighted by molar-refractivity contribution is 0.0287. The fourth-order valence-corrected chi connectivity index (χ4v) is 0.633. The van der Waals surface area contributed by atoms with Crippen molar-refractivity contribution in [3.63, 3.8) is 0 Å². The van der Waals surface area contributed by atoms with E-state index < -0.39 is 0 Å². The summed E-state index contributed by atoms with van der Waals surface area (Å²) in [6.07, 6.45) is 0. The van der Waals surface area contributed by atoms with Gasteiger partial charge in [0.15, 0.2) is 0 Å². The molecule has 7 nitrogen and oxygen atoms in total. The fraction of sp³-hybridized carbons (Fsp3) is 1.00. The van der Waals surface area contributed by atoms with E-state index in [1.54, 1.807) is 0 Å². The van der Waals surface area contributed by atoms with E-state index in [0.29, 0.717) is 0 Å². The molecule has 0 aromatic rings. The first-order valence-corrected chi connectivity index (χ1v) is 3.21. The second kappa shape index (κ2) is 5.98. The van der Waals surface area contributed by atoms with E-state index in [9.17, 15) is 10.1 Å². The van der Waals surface area contributed by atoms with E-state index in [1.807, 2.05) is 0 Å². The van der Waals surface area contributed by atoms with Crippen molar-refractivity contribution in [2.24, 2.45) is 16.8 Å². The Balaban J connectivity index is 3.75. The zero-order valence-corrected chi connectivity index (χ0v) is 6.14. The summed E-state index contributed by atoms with van der Waals surface area (Å²) in [6, 6.07) is 0. The smallest absolute Gasteiger partial charge is 0.0579 e. The Morgan fingerprint density at radius 3 is 2.00 bits per heavy atom. The zero-order valence-electron chi connectivity index (χ0n) is 6.14. The molecule has 0 aliphatic heterocycles. The summed E-state index contributed by atoms with van der Waals surface area (Å²) in [7, 11) is 0. The van der Waals surface area contributed by atoms with Crippen LogP contribution in [-0.4, -0.2) is 36.5 Å². The lowest BCUT2D eigenvalue weighted by Crippen LogP contribution is -2.41. The van der Waals surface area contributed by atoms with Crippen LogP contribution in [0.2, 0.25) is 0 Å². The summed E-state index contributed by atoms with van der Waals surface area (Å²) in [5.41, 5.74) is 10.3. The van der Waals surface area contributed by atoms with Crippen molar-refractivity contribution in [3.8, 4) is 0 Å². The first-order valence-electron chi connectivity index (χ1n) is 3.21. The minimum atomic E-state index is -0.0419. The SMILES string of the molecule is NCCN(CCN)N([O-])N=O. The highest BCUT2D eigenvalue weighted by molar-refractivity contribution is 4.55. The Morgan fingerprint density at radius 1 is 1.27 bits per heavy atom. The van der Waals surface area contributed by atoms with Crippen molar-refractivity contribution < 1.29 is 0 Å². The average Bonchev–Trinajstić information content (AvgIpc) is 2.03. The van der Waals surface area contributed by atoms with Crippen LogP contribution in [0, 0.1) is 10.1 Å². The van der Waals surface area contributed by atoms with Crippen molar-refractivity contribution >= 4 is 0 Å². The van der Waals surface area contributed by atoms with E-state index in [2.05, 4.69) is 5.29 Å². The van der Waals surface area contributed by atoms with Gasteiger partial charge in [-0.1, -0.05) is 0 Å². The summed E-state index contributed by atoms with van der Waals surface area (Å²) >= 11 is 0. The van der Waals surface area contributed by atoms with Gasteiger partial charge in [-0.3, -0.25) is 5.28 Å². The molecule has 0 unspecified atom stereocenters. The average molecular weight is 162 g/mol. The quantitative estimate of drug-likeness (QED) is 0.367. The molecule has 11 heavy (non-hydrogen) atoms. The van der Waals surface area contributed by atoms with E-state index in [4.69, 9.17) is 11.5 Å². The van der Waals surface area contributed by atoms with Gasteiger partial charge in [0.1, 0.15) is 0 Å². The third kappa shape index (κ3) is 3.83. The van der Waals surface area contributed by atoms with Gasteiger partial charge < -0.3 is 16.7 Å². The largest absolute Gasteiger partial charge is 0.724 e. The maximum atomic E-state index is 10.5. The molecular weight excluding hydrogens is 150 g/mol. The van der Waals surface area contributed by atoms with Crippen LogP contribution in [0.3, 0.4) is 0 Å². The Labute approximate surface area is 64.4 Å². The summed E-state index contributed by atoms with van der Waals surface area (Å²) < 4.78 is 0. The van der Waals surface area contributed by atoms with Crippen molar-refractivity contribution in [3.05, 3.63) is 10.1 Å². The van der Waals surface area contributed by atoms with Crippen LogP contribution in [0.5, 0.6) is 0 Å². The highest BCUT2D eigenvalue weighted by Crippen LogP contribution is 1.93. The molecule has 0 aromatic carbocycles. The molecule has 66 valence electrons. The van der Waals surface area contributed by atoms with Crippen LogP contribution >= 0.6 is 0 Å². The topological polar surface area (TPSA) is 111 Å². The molecule has 0 amide bonds. The molecule has 0 bridgehead atoms. The summed E-state index contributed by atoms with van der Waals surface area (Å²) in [4.78, 5) is 9.74. The lowest BCUT2D eigenvalue weighted by atomic mass is 10.5. The molecule has 0 aromatic heterocycles. The summed E-state index contributed by atoms with van der Waals surface area (Å²) in [5.74, 6) is 0. The van der Waals surface area contributed by atoms with E-state index >= 15 is 0 Å². The van der Waals surface area contributed by atoms with Gasteiger partial charge in [-0.25, -0.2) is 5.01 Å². The fourth-order valence-electron chi connectivity index (χ4n) is 0.633. The molecule has 0 heterocycles. The Morgan fingerprint density at radius 2 is 1.73 bits per heavy atom. The second-order valence-electron chi connectivity index (χ2n) is 1.87. The number of rotatable bonds is 6. The van der Waals surface area contributed by atoms with Crippen molar-refractivity contribution in [2.75, 3.05) is 26.2 Å². The molecule has 0 rings (SSSR count). The number of hydrogen-bond donors (Lipinski definition) is 2. The van der Waals surface area contributed by atoms with Gasteiger partial charge in [-0.2, -0.15) is 0 Å². The first-order chi connectivity index (χ1) is 5.26. The number of hydrogen-bond acceptors (Lipinski definition) is 6. The number of hydrazine groups is 1. The molecule has 0 aliphatic carbocycles. The van der Waals surface area contributed by atoms with Crippen LogP contribution in [0.4, 0.5) is 0 Å². The van der Waals surface area contributed by atoms with Crippen LogP contribution in [-0.2, 0) is 0 Å². The zero-order chi connectivity index (χ0) is 8.69. The molecule has 0 spiro atoms. The van der Waals surface area contributed by atoms with Gasteiger partial charge in [0, 0.05) is 26.2 Å². The third-order valence-electron chi connectivity index (χ3n) is 1.09. The maximum Gasteiger partial charge on any atom is 0.0579 e. The van der Waals surface area contributed by atoms with Crippen LogP contribution in [0.25, 0.3) is 0 Å². The van der Waals surface area contributed by atoms with Gasteiger partial charge in [0.2, 0.25) is 0 Å². The molecule has 0 atom stereocenters. The Hall–Kier alpha value is -0.760. The van der Waals surface area contributed by atoms with Gasteiger partial charge in [0.05, 0.1) is 5.29 Å². The highest BCUT2D eigenvalue weighted by atomic mass is 16.6. The van der Waals surface area contributed by atoms with Crippen LogP contribution in [0.1, 0.15) is 0 Å². The molecular formula is C4H12N5O2-.